The molecule has 1 aliphatic heterocycles. The van der Waals surface area contributed by atoms with Crippen LogP contribution in [0.4, 0.5) is 5.69 Å². The monoisotopic (exact) mass is 489 g/mol. The average Bonchev–Trinajstić information content (AvgIpc) is 3.32. The van der Waals surface area contributed by atoms with Crippen molar-refractivity contribution in [1.82, 2.24) is 4.57 Å². The van der Waals surface area contributed by atoms with Gasteiger partial charge in [0.25, 0.3) is 0 Å². The summed E-state index contributed by atoms with van der Waals surface area (Å²) in [7, 11) is 0. The van der Waals surface area contributed by atoms with E-state index in [4.69, 9.17) is 10.5 Å². The fraction of sp³-hybridized carbons (Fsp3) is 0.222. The molecule has 1 aliphatic rings. The van der Waals surface area contributed by atoms with Crippen molar-refractivity contribution >= 4 is 51.3 Å². The Kier molecular flexibility index (Phi) is 7.12. The van der Waals surface area contributed by atoms with E-state index in [2.05, 4.69) is 11.9 Å². The topological polar surface area (TPSA) is 107 Å². The number of aliphatic hydroxyl groups is 1. The summed E-state index contributed by atoms with van der Waals surface area (Å²) in [4.78, 5) is 29.5. The molecular weight excluding hydrogens is 462 g/mol. The van der Waals surface area contributed by atoms with Gasteiger partial charge in [-0.15, -0.1) is 0 Å². The maximum Gasteiger partial charge on any atom is 0.344 e. The molecule has 0 bridgehead atoms. The summed E-state index contributed by atoms with van der Waals surface area (Å²) in [6.45, 7) is 5.97. The first-order valence-corrected chi connectivity index (χ1v) is 12.2. The van der Waals surface area contributed by atoms with Crippen molar-refractivity contribution in [1.29, 1.82) is 0 Å². The number of aryl methyl sites for hydroxylation is 2. The van der Waals surface area contributed by atoms with Gasteiger partial charge in [0, 0.05) is 17.1 Å². The van der Waals surface area contributed by atoms with Crippen molar-refractivity contribution in [3.05, 3.63) is 81.6 Å². The van der Waals surface area contributed by atoms with Gasteiger partial charge < -0.3 is 20.1 Å². The lowest BCUT2D eigenvalue weighted by Gasteiger charge is -2.06. The highest BCUT2D eigenvalue weighted by Crippen LogP contribution is 2.41. The van der Waals surface area contributed by atoms with E-state index in [1.807, 2.05) is 60.2 Å². The van der Waals surface area contributed by atoms with E-state index in [1.54, 1.807) is 13.0 Å². The molecule has 0 atom stereocenters. The third-order valence-electron chi connectivity index (χ3n) is 5.64. The number of hydrogen-bond donors (Lipinski definition) is 2. The predicted molar refractivity (Wildman–Crippen MR) is 141 cm³/mol. The Hall–Kier alpha value is -3.78. The zero-order valence-electron chi connectivity index (χ0n) is 19.9. The van der Waals surface area contributed by atoms with Crippen LogP contribution in [-0.2, 0) is 27.3 Å². The fourth-order valence-corrected chi connectivity index (χ4v) is 5.05. The number of para-hydroxylation sites is 1. The van der Waals surface area contributed by atoms with Crippen molar-refractivity contribution < 1.29 is 19.4 Å². The highest BCUT2D eigenvalue weighted by atomic mass is 32.2. The third-order valence-corrected chi connectivity index (χ3v) is 6.66. The SMILES string of the molecule is CCOC(=O)C1=C(O)/C(=C\c2cn(CC(N)=O)c3c(CC)cccc23)SC1=Nc1ccc(C)cc1. The first kappa shape index (κ1) is 24.3. The van der Waals surface area contributed by atoms with Crippen molar-refractivity contribution in [2.75, 3.05) is 6.61 Å². The van der Waals surface area contributed by atoms with Crippen molar-refractivity contribution in [3.63, 3.8) is 0 Å². The molecule has 0 aliphatic carbocycles. The van der Waals surface area contributed by atoms with Gasteiger partial charge in [0.1, 0.15) is 22.9 Å². The molecule has 0 spiro atoms. The highest BCUT2D eigenvalue weighted by molar-refractivity contribution is 8.18. The molecule has 180 valence electrons. The van der Waals surface area contributed by atoms with E-state index in [0.717, 1.165) is 34.0 Å². The summed E-state index contributed by atoms with van der Waals surface area (Å²) < 4.78 is 7.03. The second-order valence-corrected chi connectivity index (χ2v) is 9.18. The normalized spacial score (nSPS) is 16.0. The van der Waals surface area contributed by atoms with Gasteiger partial charge >= 0.3 is 5.97 Å². The van der Waals surface area contributed by atoms with Crippen molar-refractivity contribution in [2.24, 2.45) is 10.7 Å². The Morgan fingerprint density at radius 1 is 1.17 bits per heavy atom. The number of aromatic nitrogens is 1. The van der Waals surface area contributed by atoms with Gasteiger partial charge in [-0.1, -0.05) is 54.6 Å². The molecule has 2 heterocycles. The Morgan fingerprint density at radius 3 is 2.57 bits per heavy atom. The number of carbonyl (C=O) groups excluding carboxylic acids is 2. The largest absolute Gasteiger partial charge is 0.506 e. The number of benzene rings is 2. The van der Waals surface area contributed by atoms with Crippen LogP contribution in [-0.4, -0.2) is 33.2 Å². The lowest BCUT2D eigenvalue weighted by molar-refractivity contribution is -0.138. The summed E-state index contributed by atoms with van der Waals surface area (Å²) >= 11 is 1.20. The smallest absolute Gasteiger partial charge is 0.344 e. The number of rotatable bonds is 7. The number of ether oxygens (including phenoxy) is 1. The lowest BCUT2D eigenvalue weighted by Crippen LogP contribution is -2.18. The molecule has 4 rings (SSSR count). The number of hydrogen-bond acceptors (Lipinski definition) is 6. The minimum absolute atomic E-state index is 0.0406. The lowest BCUT2D eigenvalue weighted by atomic mass is 10.1. The molecule has 3 aromatic rings. The van der Waals surface area contributed by atoms with Gasteiger partial charge in [0.2, 0.25) is 5.91 Å². The van der Waals surface area contributed by atoms with E-state index in [9.17, 15) is 14.7 Å². The van der Waals surface area contributed by atoms with Crippen LogP contribution in [0.25, 0.3) is 17.0 Å². The molecule has 1 amide bonds. The number of nitrogens with two attached hydrogens (primary N) is 1. The minimum Gasteiger partial charge on any atom is -0.506 e. The van der Waals surface area contributed by atoms with Crippen LogP contribution in [0.3, 0.4) is 0 Å². The zero-order chi connectivity index (χ0) is 25.1. The van der Waals surface area contributed by atoms with Crippen LogP contribution in [0.5, 0.6) is 0 Å². The van der Waals surface area contributed by atoms with Crippen LogP contribution < -0.4 is 5.73 Å². The minimum atomic E-state index is -0.629. The summed E-state index contributed by atoms with van der Waals surface area (Å²) in [5.74, 6) is -1.25. The Morgan fingerprint density at radius 2 is 1.91 bits per heavy atom. The first-order chi connectivity index (χ1) is 16.8. The summed E-state index contributed by atoms with van der Waals surface area (Å²) in [5.41, 5.74) is 10.1. The Labute approximate surface area is 208 Å². The fourth-order valence-electron chi connectivity index (χ4n) is 4.03. The third kappa shape index (κ3) is 5.02. The molecule has 35 heavy (non-hydrogen) atoms. The van der Waals surface area contributed by atoms with Gasteiger partial charge in [0.05, 0.1) is 22.7 Å². The van der Waals surface area contributed by atoms with Crippen LogP contribution in [0.2, 0.25) is 0 Å². The number of nitrogens with zero attached hydrogens (tertiary/aromatic N) is 2. The van der Waals surface area contributed by atoms with E-state index in [-0.39, 0.29) is 24.5 Å². The molecule has 8 heteroatoms. The van der Waals surface area contributed by atoms with E-state index in [0.29, 0.717) is 15.6 Å². The standard InChI is InChI=1S/C27H27N3O4S/c1-4-17-7-6-8-20-18(14-30(24(17)20)15-22(28)31)13-21-25(32)23(27(33)34-5-2)26(35-21)29-19-11-9-16(3)10-12-19/h6-14,32H,4-5,15H2,1-3H3,(H2,28,31)/b21-13+,29-26?. The molecule has 3 N–H and O–H groups in total. The Balaban J connectivity index is 1.84. The van der Waals surface area contributed by atoms with E-state index >= 15 is 0 Å². The van der Waals surface area contributed by atoms with Crippen LogP contribution in [0.1, 0.15) is 30.5 Å². The van der Waals surface area contributed by atoms with E-state index < -0.39 is 11.9 Å². The van der Waals surface area contributed by atoms with Gasteiger partial charge in [0.15, 0.2) is 0 Å². The summed E-state index contributed by atoms with van der Waals surface area (Å²) in [6.07, 6.45) is 4.43. The van der Waals surface area contributed by atoms with Gasteiger partial charge in [-0.2, -0.15) is 0 Å². The summed E-state index contributed by atoms with van der Waals surface area (Å²) in [5, 5.41) is 12.3. The number of fused-ring (bicyclic) bond motifs is 1. The molecule has 0 saturated heterocycles. The zero-order valence-corrected chi connectivity index (χ0v) is 20.7. The van der Waals surface area contributed by atoms with Crippen molar-refractivity contribution in [2.45, 2.75) is 33.7 Å². The maximum absolute atomic E-state index is 12.7. The van der Waals surface area contributed by atoms with Gasteiger partial charge in [-0.25, -0.2) is 9.79 Å². The number of aliphatic hydroxyl groups excluding tert-OH is 1. The average molecular weight is 490 g/mol. The number of carbonyl (C=O) groups is 2. The molecular formula is C27H27N3O4S. The molecule has 0 unspecified atom stereocenters. The second-order valence-electron chi connectivity index (χ2n) is 8.15. The van der Waals surface area contributed by atoms with Crippen LogP contribution >= 0.6 is 11.8 Å². The number of amides is 1. The van der Waals surface area contributed by atoms with Crippen LogP contribution in [0, 0.1) is 6.92 Å². The Bertz CT molecular complexity index is 1400. The van der Waals surface area contributed by atoms with Gasteiger partial charge in [-0.3, -0.25) is 4.79 Å². The molecule has 1 aromatic heterocycles. The van der Waals surface area contributed by atoms with Gasteiger partial charge in [-0.05, 0) is 44.0 Å². The molecule has 0 saturated carbocycles. The first-order valence-electron chi connectivity index (χ1n) is 11.4. The van der Waals surface area contributed by atoms with Crippen molar-refractivity contribution in [3.8, 4) is 0 Å². The summed E-state index contributed by atoms with van der Waals surface area (Å²) in [6, 6.07) is 13.5. The van der Waals surface area contributed by atoms with Crippen LogP contribution in [0.15, 0.2) is 69.9 Å². The van der Waals surface area contributed by atoms with E-state index in [1.165, 1.54) is 11.8 Å². The highest BCUT2D eigenvalue weighted by Gasteiger charge is 2.33. The number of esters is 1. The number of aliphatic imine (C=N–C) groups is 1. The number of thioether (sulfide) groups is 1. The maximum atomic E-state index is 12.7. The molecule has 0 radical (unpaired) electrons. The second kappa shape index (κ2) is 10.2. The molecule has 0 fully saturated rings. The number of primary amides is 1. The quantitative estimate of drug-likeness (QED) is 0.444. The predicted octanol–water partition coefficient (Wildman–Crippen LogP) is 5.19. The molecule has 2 aromatic carbocycles. The molecule has 7 nitrogen and oxygen atoms in total.